The van der Waals surface area contributed by atoms with E-state index in [2.05, 4.69) is 25.6 Å². The lowest BCUT2D eigenvalue weighted by molar-refractivity contribution is 0.102. The van der Waals surface area contributed by atoms with E-state index in [9.17, 15) is 4.79 Å². The summed E-state index contributed by atoms with van der Waals surface area (Å²) in [4.78, 5) is 24.1. The van der Waals surface area contributed by atoms with Crippen molar-refractivity contribution in [1.82, 2.24) is 15.0 Å². The van der Waals surface area contributed by atoms with Gasteiger partial charge in [-0.2, -0.15) is 5.26 Å². The van der Waals surface area contributed by atoms with E-state index in [1.807, 2.05) is 30.3 Å². The minimum absolute atomic E-state index is 0.201. The summed E-state index contributed by atoms with van der Waals surface area (Å²) in [5.74, 6) is 0.226. The molecule has 0 aliphatic heterocycles. The van der Waals surface area contributed by atoms with Crippen molar-refractivity contribution in [1.29, 1.82) is 5.26 Å². The van der Waals surface area contributed by atoms with Crippen LogP contribution in [0.1, 0.15) is 21.6 Å². The molecule has 0 saturated carbocycles. The zero-order valence-corrected chi connectivity index (χ0v) is 13.2. The number of pyridine rings is 1. The summed E-state index contributed by atoms with van der Waals surface area (Å²) in [6.07, 6.45) is 6.14. The number of carbonyl (C=O) groups is 1. The molecule has 7 heteroatoms. The third-order valence-electron chi connectivity index (χ3n) is 3.39. The summed E-state index contributed by atoms with van der Waals surface area (Å²) < 4.78 is 0. The molecule has 2 N–H and O–H groups in total. The molecule has 0 spiro atoms. The van der Waals surface area contributed by atoms with Crippen molar-refractivity contribution in [2.45, 2.75) is 6.54 Å². The molecule has 0 aliphatic carbocycles. The molecular formula is C18H14N6O. The number of carbonyl (C=O) groups excluding carboxylic acids is 1. The predicted octanol–water partition coefficient (Wildman–Crippen LogP) is 2.61. The van der Waals surface area contributed by atoms with Crippen LogP contribution >= 0.6 is 0 Å². The maximum atomic E-state index is 12.2. The number of nitriles is 1. The van der Waals surface area contributed by atoms with Crippen LogP contribution in [0.15, 0.2) is 61.2 Å². The molecule has 25 heavy (non-hydrogen) atoms. The van der Waals surface area contributed by atoms with Gasteiger partial charge >= 0.3 is 0 Å². The van der Waals surface area contributed by atoms with Crippen LogP contribution in [0.5, 0.6) is 0 Å². The number of nitrogens with zero attached hydrogens (tertiary/aromatic N) is 4. The fourth-order valence-electron chi connectivity index (χ4n) is 2.20. The lowest BCUT2D eigenvalue weighted by atomic mass is 10.2. The zero-order valence-electron chi connectivity index (χ0n) is 13.2. The van der Waals surface area contributed by atoms with E-state index in [-0.39, 0.29) is 11.6 Å². The summed E-state index contributed by atoms with van der Waals surface area (Å²) in [6, 6.07) is 12.7. The third kappa shape index (κ3) is 4.14. The van der Waals surface area contributed by atoms with Crippen LogP contribution in [0.4, 0.5) is 11.5 Å². The van der Waals surface area contributed by atoms with Crippen LogP contribution in [-0.4, -0.2) is 20.9 Å². The van der Waals surface area contributed by atoms with E-state index in [1.54, 1.807) is 24.5 Å². The highest BCUT2D eigenvalue weighted by molar-refractivity contribution is 6.04. The summed E-state index contributed by atoms with van der Waals surface area (Å²) in [6.45, 7) is 0.451. The van der Waals surface area contributed by atoms with E-state index >= 15 is 0 Å². The van der Waals surface area contributed by atoms with Gasteiger partial charge in [0.2, 0.25) is 0 Å². The van der Waals surface area contributed by atoms with Gasteiger partial charge < -0.3 is 10.6 Å². The fraction of sp³-hybridized carbons (Fsp3) is 0.0556. The maximum absolute atomic E-state index is 12.2. The van der Waals surface area contributed by atoms with E-state index in [1.165, 1.54) is 12.4 Å². The molecule has 0 bridgehead atoms. The van der Waals surface area contributed by atoms with Gasteiger partial charge in [0.25, 0.3) is 5.91 Å². The van der Waals surface area contributed by atoms with Crippen molar-refractivity contribution in [3.8, 4) is 6.07 Å². The second-order valence-corrected chi connectivity index (χ2v) is 5.11. The van der Waals surface area contributed by atoms with Gasteiger partial charge in [-0.15, -0.1) is 0 Å². The molecule has 122 valence electrons. The van der Waals surface area contributed by atoms with E-state index in [0.29, 0.717) is 23.6 Å². The van der Waals surface area contributed by atoms with Crippen LogP contribution in [0.25, 0.3) is 0 Å². The van der Waals surface area contributed by atoms with Gasteiger partial charge in [0.15, 0.2) is 11.5 Å². The highest BCUT2D eigenvalue weighted by Gasteiger charge is 2.07. The minimum atomic E-state index is -0.201. The molecule has 0 fully saturated rings. The first kappa shape index (κ1) is 16.1. The van der Waals surface area contributed by atoms with Crippen molar-refractivity contribution >= 4 is 17.4 Å². The Balaban J connectivity index is 1.68. The van der Waals surface area contributed by atoms with Crippen LogP contribution in [0, 0.1) is 11.3 Å². The average Bonchev–Trinajstić information content (AvgIpc) is 2.67. The summed E-state index contributed by atoms with van der Waals surface area (Å²) in [7, 11) is 0. The second kappa shape index (κ2) is 7.66. The lowest BCUT2D eigenvalue weighted by Crippen LogP contribution is -2.12. The Bertz CT molecular complexity index is 920. The van der Waals surface area contributed by atoms with Crippen molar-refractivity contribution in [2.75, 3.05) is 10.6 Å². The number of aromatic nitrogens is 3. The number of hydrogen-bond donors (Lipinski definition) is 2. The van der Waals surface area contributed by atoms with Crippen LogP contribution in [-0.2, 0) is 6.54 Å². The van der Waals surface area contributed by atoms with Crippen molar-refractivity contribution in [3.05, 3.63) is 78.0 Å². The molecule has 3 rings (SSSR count). The Kier molecular flexibility index (Phi) is 4.93. The molecule has 0 atom stereocenters. The second-order valence-electron chi connectivity index (χ2n) is 5.11. The number of rotatable bonds is 5. The molecule has 0 unspecified atom stereocenters. The summed E-state index contributed by atoms with van der Waals surface area (Å²) >= 11 is 0. The van der Waals surface area contributed by atoms with Crippen LogP contribution in [0.3, 0.4) is 0 Å². The first-order chi connectivity index (χ1) is 12.3. The molecule has 3 aromatic rings. The predicted molar refractivity (Wildman–Crippen MR) is 92.7 cm³/mol. The molecule has 1 aromatic carbocycles. The van der Waals surface area contributed by atoms with Gasteiger partial charge in [-0.1, -0.05) is 12.1 Å². The van der Waals surface area contributed by atoms with Crippen molar-refractivity contribution < 1.29 is 4.79 Å². The van der Waals surface area contributed by atoms with Gasteiger partial charge in [-0.3, -0.25) is 9.78 Å². The number of hydrogen-bond acceptors (Lipinski definition) is 6. The number of amides is 1. The zero-order chi connectivity index (χ0) is 17.5. The third-order valence-corrected chi connectivity index (χ3v) is 3.39. The highest BCUT2D eigenvalue weighted by Crippen LogP contribution is 2.14. The van der Waals surface area contributed by atoms with E-state index in [0.717, 1.165) is 5.56 Å². The minimum Gasteiger partial charge on any atom is -0.364 e. The van der Waals surface area contributed by atoms with Gasteiger partial charge in [0, 0.05) is 42.6 Å². The van der Waals surface area contributed by atoms with Gasteiger partial charge in [0.1, 0.15) is 6.07 Å². The molecule has 7 nitrogen and oxygen atoms in total. The first-order valence-corrected chi connectivity index (χ1v) is 7.51. The molecule has 0 aliphatic rings. The number of anilines is 2. The maximum Gasteiger partial charge on any atom is 0.255 e. The van der Waals surface area contributed by atoms with Gasteiger partial charge in [-0.05, 0) is 29.8 Å². The Morgan fingerprint density at radius 2 is 1.88 bits per heavy atom. The average molecular weight is 330 g/mol. The molecule has 0 saturated heterocycles. The quantitative estimate of drug-likeness (QED) is 0.745. The smallest absolute Gasteiger partial charge is 0.255 e. The first-order valence-electron chi connectivity index (χ1n) is 7.51. The normalized spacial score (nSPS) is 9.88. The van der Waals surface area contributed by atoms with E-state index in [4.69, 9.17) is 5.26 Å². The van der Waals surface area contributed by atoms with Gasteiger partial charge in [-0.25, -0.2) is 9.97 Å². The Hall–Kier alpha value is -3.79. The fourth-order valence-corrected chi connectivity index (χ4v) is 2.20. The van der Waals surface area contributed by atoms with Gasteiger partial charge in [0.05, 0.1) is 0 Å². The lowest BCUT2D eigenvalue weighted by Gasteiger charge is -2.09. The number of nitrogens with one attached hydrogen (secondary N) is 2. The van der Waals surface area contributed by atoms with Crippen LogP contribution < -0.4 is 10.6 Å². The SMILES string of the molecule is N#Cc1nccnc1NCc1cccc(NC(=O)c2ccncc2)c1. The largest absolute Gasteiger partial charge is 0.364 e. The monoisotopic (exact) mass is 330 g/mol. The standard InChI is InChI=1S/C18H14N6O/c19-11-16-17(22-9-8-21-16)23-12-13-2-1-3-15(10-13)24-18(25)14-4-6-20-7-5-14/h1-10H,12H2,(H,22,23)(H,24,25). The summed E-state index contributed by atoms with van der Waals surface area (Å²) in [5, 5.41) is 14.9. The molecule has 1 amide bonds. The number of benzene rings is 1. The Morgan fingerprint density at radius 3 is 2.68 bits per heavy atom. The Morgan fingerprint density at radius 1 is 1.08 bits per heavy atom. The molecular weight excluding hydrogens is 316 g/mol. The molecule has 2 aromatic heterocycles. The topological polar surface area (TPSA) is 104 Å². The van der Waals surface area contributed by atoms with Crippen molar-refractivity contribution in [2.24, 2.45) is 0 Å². The summed E-state index contributed by atoms with van der Waals surface area (Å²) in [5.41, 5.74) is 2.39. The highest BCUT2D eigenvalue weighted by atomic mass is 16.1. The van der Waals surface area contributed by atoms with E-state index < -0.39 is 0 Å². The Labute approximate surface area is 144 Å². The molecule has 2 heterocycles. The van der Waals surface area contributed by atoms with Crippen LogP contribution in [0.2, 0.25) is 0 Å². The van der Waals surface area contributed by atoms with Crippen molar-refractivity contribution in [3.63, 3.8) is 0 Å². The molecule has 0 radical (unpaired) electrons.